The molecule has 2 heteroatoms. The number of nitriles is 1. The highest BCUT2D eigenvalue weighted by Crippen LogP contribution is 2.52. The topological polar surface area (TPSA) is 44.0 Å². The van der Waals surface area contributed by atoms with Crippen molar-refractivity contribution in [3.05, 3.63) is 0 Å². The highest BCUT2D eigenvalue weighted by Gasteiger charge is 2.53. The highest BCUT2D eigenvalue weighted by atomic mass is 16.3. The molecular weight excluding hydrogens is 186 g/mol. The Labute approximate surface area is 92.3 Å². The molecule has 1 N–H and O–H groups in total. The minimum Gasteiger partial charge on any atom is -0.388 e. The van der Waals surface area contributed by atoms with Gasteiger partial charge in [-0.1, -0.05) is 32.6 Å². The van der Waals surface area contributed by atoms with Gasteiger partial charge in [0.15, 0.2) is 0 Å². The molecule has 2 saturated carbocycles. The van der Waals surface area contributed by atoms with Crippen LogP contribution in [-0.4, -0.2) is 10.7 Å². The third kappa shape index (κ3) is 1.67. The fraction of sp³-hybridized carbons (Fsp3) is 0.923. The fourth-order valence-electron chi connectivity index (χ4n) is 3.62. The maximum absolute atomic E-state index is 10.8. The van der Waals surface area contributed by atoms with Crippen LogP contribution >= 0.6 is 0 Å². The van der Waals surface area contributed by atoms with Gasteiger partial charge in [0, 0.05) is 0 Å². The average Bonchev–Trinajstić information content (AvgIpc) is 2.67. The van der Waals surface area contributed by atoms with E-state index in [1.807, 2.05) is 0 Å². The maximum atomic E-state index is 10.8. The Morgan fingerprint density at radius 1 is 1.20 bits per heavy atom. The summed E-state index contributed by atoms with van der Waals surface area (Å²) >= 11 is 0. The van der Waals surface area contributed by atoms with Gasteiger partial charge in [0.25, 0.3) is 0 Å². The number of aliphatic hydroxyl groups is 1. The predicted molar refractivity (Wildman–Crippen MR) is 59.1 cm³/mol. The van der Waals surface area contributed by atoms with Crippen LogP contribution in [0.5, 0.6) is 0 Å². The number of hydrogen-bond donors (Lipinski definition) is 1. The van der Waals surface area contributed by atoms with E-state index in [9.17, 15) is 10.4 Å². The monoisotopic (exact) mass is 207 g/mol. The molecule has 2 nitrogen and oxygen atoms in total. The Hall–Kier alpha value is -0.550. The summed E-state index contributed by atoms with van der Waals surface area (Å²) in [6.45, 7) is 2.20. The molecule has 2 atom stereocenters. The standard InChI is InChI=1S/C13H21NO/c1-11-5-4-8-13(15,9-11)12(10-14)6-2-3-7-12/h11,15H,2-9H2,1H3. The number of nitrogens with zero attached hydrogens (tertiary/aromatic N) is 1. The van der Waals surface area contributed by atoms with E-state index < -0.39 is 11.0 Å². The Morgan fingerprint density at radius 3 is 2.40 bits per heavy atom. The summed E-state index contributed by atoms with van der Waals surface area (Å²) in [5, 5.41) is 20.2. The summed E-state index contributed by atoms with van der Waals surface area (Å²) in [4.78, 5) is 0. The zero-order valence-corrected chi connectivity index (χ0v) is 9.63. The van der Waals surface area contributed by atoms with Gasteiger partial charge in [0.2, 0.25) is 0 Å². The van der Waals surface area contributed by atoms with Crippen LogP contribution in [0, 0.1) is 22.7 Å². The van der Waals surface area contributed by atoms with Crippen LogP contribution in [0.15, 0.2) is 0 Å². The minimum atomic E-state index is -0.685. The molecule has 0 spiro atoms. The lowest BCUT2D eigenvalue weighted by Gasteiger charge is -2.45. The first-order chi connectivity index (χ1) is 7.12. The summed E-state index contributed by atoms with van der Waals surface area (Å²) in [6.07, 6.45) is 8.02. The first kappa shape index (κ1) is 11.0. The second-order valence-corrected chi connectivity index (χ2v) is 5.63. The molecule has 0 aliphatic heterocycles. The smallest absolute Gasteiger partial charge is 0.0860 e. The van der Waals surface area contributed by atoms with Crippen molar-refractivity contribution in [3.8, 4) is 6.07 Å². The lowest BCUT2D eigenvalue weighted by molar-refractivity contribution is -0.0920. The Kier molecular flexibility index (Phi) is 2.77. The van der Waals surface area contributed by atoms with E-state index in [0.29, 0.717) is 5.92 Å². The molecule has 2 aliphatic carbocycles. The molecule has 0 saturated heterocycles. The molecule has 0 amide bonds. The van der Waals surface area contributed by atoms with E-state index >= 15 is 0 Å². The van der Waals surface area contributed by atoms with Gasteiger partial charge >= 0.3 is 0 Å². The van der Waals surface area contributed by atoms with Gasteiger partial charge in [0.1, 0.15) is 0 Å². The zero-order chi connectivity index (χ0) is 10.9. The third-order valence-corrected chi connectivity index (χ3v) is 4.54. The van der Waals surface area contributed by atoms with Crippen LogP contribution < -0.4 is 0 Å². The molecule has 84 valence electrons. The second-order valence-electron chi connectivity index (χ2n) is 5.63. The quantitative estimate of drug-likeness (QED) is 0.718. The molecule has 0 bridgehead atoms. The molecule has 0 aromatic carbocycles. The summed E-state index contributed by atoms with van der Waals surface area (Å²) in [5.74, 6) is 0.578. The number of rotatable bonds is 1. The van der Waals surface area contributed by atoms with E-state index in [1.165, 1.54) is 6.42 Å². The van der Waals surface area contributed by atoms with E-state index in [0.717, 1.165) is 44.9 Å². The predicted octanol–water partition coefficient (Wildman–Crippen LogP) is 3.01. The molecular formula is C13H21NO. The van der Waals surface area contributed by atoms with Gasteiger partial charge < -0.3 is 5.11 Å². The normalized spacial score (nSPS) is 39.9. The molecule has 2 rings (SSSR count). The first-order valence-electron chi connectivity index (χ1n) is 6.26. The fourth-order valence-corrected chi connectivity index (χ4v) is 3.62. The van der Waals surface area contributed by atoms with Crippen molar-refractivity contribution in [1.82, 2.24) is 0 Å². The SMILES string of the molecule is CC1CCCC(O)(C2(C#N)CCCC2)C1. The van der Waals surface area contributed by atoms with Crippen molar-refractivity contribution in [3.63, 3.8) is 0 Å². The van der Waals surface area contributed by atoms with E-state index in [2.05, 4.69) is 13.0 Å². The molecule has 2 fully saturated rings. The van der Waals surface area contributed by atoms with Crippen molar-refractivity contribution in [2.75, 3.05) is 0 Å². The van der Waals surface area contributed by atoms with E-state index in [-0.39, 0.29) is 0 Å². The molecule has 0 aromatic heterocycles. The molecule has 0 aromatic rings. The van der Waals surface area contributed by atoms with Crippen molar-refractivity contribution in [2.24, 2.45) is 11.3 Å². The third-order valence-electron chi connectivity index (χ3n) is 4.54. The van der Waals surface area contributed by atoms with Crippen molar-refractivity contribution >= 4 is 0 Å². The van der Waals surface area contributed by atoms with Crippen molar-refractivity contribution < 1.29 is 5.11 Å². The second kappa shape index (κ2) is 3.79. The molecule has 2 aliphatic rings. The van der Waals surface area contributed by atoms with E-state index in [4.69, 9.17) is 0 Å². The van der Waals surface area contributed by atoms with Gasteiger partial charge in [-0.2, -0.15) is 5.26 Å². The Balaban J connectivity index is 2.22. The summed E-state index contributed by atoms with van der Waals surface area (Å²) in [7, 11) is 0. The van der Waals surface area contributed by atoms with Crippen LogP contribution in [0.4, 0.5) is 0 Å². The minimum absolute atomic E-state index is 0.415. The molecule has 2 unspecified atom stereocenters. The van der Waals surface area contributed by atoms with Gasteiger partial charge in [-0.3, -0.25) is 0 Å². The van der Waals surface area contributed by atoms with Crippen LogP contribution in [0.25, 0.3) is 0 Å². The largest absolute Gasteiger partial charge is 0.388 e. The Morgan fingerprint density at radius 2 is 1.87 bits per heavy atom. The molecule has 0 heterocycles. The highest BCUT2D eigenvalue weighted by molar-refractivity contribution is 5.14. The molecule has 15 heavy (non-hydrogen) atoms. The Bertz CT molecular complexity index is 275. The van der Waals surface area contributed by atoms with Crippen molar-refractivity contribution in [1.29, 1.82) is 5.26 Å². The molecule has 0 radical (unpaired) electrons. The van der Waals surface area contributed by atoms with Gasteiger partial charge in [-0.05, 0) is 31.6 Å². The van der Waals surface area contributed by atoms with Crippen LogP contribution in [0.1, 0.15) is 58.3 Å². The summed E-state index contributed by atoms with van der Waals surface area (Å²) in [6, 6.07) is 2.46. The summed E-state index contributed by atoms with van der Waals surface area (Å²) in [5.41, 5.74) is -1.10. The number of hydrogen-bond acceptors (Lipinski definition) is 2. The lowest BCUT2D eigenvalue weighted by Crippen LogP contribution is -2.49. The lowest BCUT2D eigenvalue weighted by atomic mass is 9.63. The van der Waals surface area contributed by atoms with Crippen LogP contribution in [0.3, 0.4) is 0 Å². The average molecular weight is 207 g/mol. The van der Waals surface area contributed by atoms with Gasteiger partial charge in [-0.25, -0.2) is 0 Å². The first-order valence-corrected chi connectivity index (χ1v) is 6.26. The van der Waals surface area contributed by atoms with E-state index in [1.54, 1.807) is 0 Å². The summed E-state index contributed by atoms with van der Waals surface area (Å²) < 4.78 is 0. The maximum Gasteiger partial charge on any atom is 0.0860 e. The zero-order valence-electron chi connectivity index (χ0n) is 9.63. The van der Waals surface area contributed by atoms with Gasteiger partial charge in [-0.15, -0.1) is 0 Å². The van der Waals surface area contributed by atoms with Gasteiger partial charge in [0.05, 0.1) is 17.1 Å². The van der Waals surface area contributed by atoms with Crippen LogP contribution in [-0.2, 0) is 0 Å². The van der Waals surface area contributed by atoms with Crippen molar-refractivity contribution in [2.45, 2.75) is 63.9 Å². The van der Waals surface area contributed by atoms with Crippen LogP contribution in [0.2, 0.25) is 0 Å².